The van der Waals surface area contributed by atoms with Gasteiger partial charge in [-0.2, -0.15) is 4.98 Å². The normalized spacial score (nSPS) is 31.3. The van der Waals surface area contributed by atoms with Crippen LogP contribution in [-0.2, 0) is 27.8 Å². The Labute approximate surface area is 233 Å². The second kappa shape index (κ2) is 10.6. The van der Waals surface area contributed by atoms with Crippen molar-refractivity contribution < 1.29 is 48.0 Å². The van der Waals surface area contributed by atoms with Crippen LogP contribution in [0.2, 0.25) is 0 Å². The van der Waals surface area contributed by atoms with Crippen LogP contribution < -0.4 is 17.0 Å². The minimum Gasteiger partial charge on any atom is -0.387 e. The Morgan fingerprint density at radius 1 is 1.00 bits per heavy atom. The van der Waals surface area contributed by atoms with Gasteiger partial charge in [0.25, 0.3) is 5.56 Å². The number of phosphoric acid groups is 1. The van der Waals surface area contributed by atoms with Gasteiger partial charge >= 0.3 is 7.82 Å². The number of aliphatic hydroxyl groups excluding tert-OH is 3. The number of aromatic nitrogens is 8. The molecule has 226 valence electrons. The Kier molecular flexibility index (Phi) is 7.17. The number of H-pyrrole nitrogens is 1. The van der Waals surface area contributed by atoms with Crippen LogP contribution >= 0.6 is 7.82 Å². The molecule has 42 heavy (non-hydrogen) atoms. The molecule has 9 N–H and O–H groups in total. The Morgan fingerprint density at radius 3 is 2.45 bits per heavy atom. The molecule has 2 aliphatic heterocycles. The molecule has 4 aromatic heterocycles. The SMILES string of the molecule is CO[C@H]1O[C@@H](n2cnc3c(=O)[nH]c(N)nc32)C(OP(=O)(O)OC[C@H]2O[C@@H](n3cnc4c(N)ncnc43)C(O)C2O)C1O. The van der Waals surface area contributed by atoms with E-state index in [9.17, 15) is 29.6 Å². The number of methoxy groups -OCH3 is 1. The molecule has 4 aromatic rings. The third-order valence-electron chi connectivity index (χ3n) is 6.78. The van der Waals surface area contributed by atoms with Crippen LogP contribution in [0.1, 0.15) is 12.5 Å². The minimum absolute atomic E-state index is 0.0611. The molecule has 0 bridgehead atoms. The first-order chi connectivity index (χ1) is 20.0. The van der Waals surface area contributed by atoms with Gasteiger partial charge in [-0.3, -0.25) is 28.0 Å². The smallest absolute Gasteiger partial charge is 0.387 e. The molecular formula is C20H25N10O11P. The maximum atomic E-state index is 13.0. The number of hydrogen-bond donors (Lipinski definition) is 7. The standard InChI is InChI=1S/C20H25N10O11P/c1-37-19-11(33)12(18(40-19)30-5-26-8-15(30)27-20(22)28-16(8)34)41-42(35,36)38-2-6-9(31)10(32)17(39-6)29-4-25-7-13(21)23-3-24-14(7)29/h3-6,9-12,17-19,31-33H,2H2,1H3,(H,35,36)(H2,21,23,24)(H3,22,27,28,34)/t6-,9?,10?,11?,12?,17-,18-,19+/m1/s1. The molecule has 0 aliphatic carbocycles. The summed E-state index contributed by atoms with van der Waals surface area (Å²) in [5.41, 5.74) is 11.1. The van der Waals surface area contributed by atoms with Gasteiger partial charge in [-0.25, -0.2) is 24.5 Å². The molecule has 2 fully saturated rings. The summed E-state index contributed by atoms with van der Waals surface area (Å²) < 4.78 is 42.3. The molecule has 6 heterocycles. The first kappa shape index (κ1) is 28.5. The predicted octanol–water partition coefficient (Wildman–Crippen LogP) is -2.89. The lowest BCUT2D eigenvalue weighted by molar-refractivity contribution is -0.160. The van der Waals surface area contributed by atoms with Gasteiger partial charge in [-0.1, -0.05) is 0 Å². The van der Waals surface area contributed by atoms with Crippen LogP contribution in [0.3, 0.4) is 0 Å². The zero-order valence-corrected chi connectivity index (χ0v) is 22.3. The number of nitrogens with one attached hydrogen (secondary N) is 1. The van der Waals surface area contributed by atoms with E-state index in [-0.39, 0.29) is 34.1 Å². The average Bonchev–Trinajstić information content (AvgIpc) is 3.69. The van der Waals surface area contributed by atoms with Crippen LogP contribution in [0.4, 0.5) is 11.8 Å². The van der Waals surface area contributed by atoms with Crippen LogP contribution in [0.15, 0.2) is 23.8 Å². The van der Waals surface area contributed by atoms with Crippen LogP contribution in [0, 0.1) is 0 Å². The zero-order chi connectivity index (χ0) is 29.9. The Bertz CT molecular complexity index is 1730. The van der Waals surface area contributed by atoms with Gasteiger partial charge in [0.05, 0.1) is 19.3 Å². The van der Waals surface area contributed by atoms with E-state index in [0.29, 0.717) is 0 Å². The number of anilines is 2. The van der Waals surface area contributed by atoms with E-state index in [0.717, 1.165) is 6.33 Å². The lowest BCUT2D eigenvalue weighted by atomic mass is 10.1. The van der Waals surface area contributed by atoms with Crippen molar-refractivity contribution in [2.24, 2.45) is 0 Å². The molecule has 0 saturated carbocycles. The van der Waals surface area contributed by atoms with Crippen molar-refractivity contribution in [1.82, 2.24) is 39.0 Å². The number of aliphatic hydroxyl groups is 3. The lowest BCUT2D eigenvalue weighted by Gasteiger charge is -2.24. The lowest BCUT2D eigenvalue weighted by Crippen LogP contribution is -2.35. The third-order valence-corrected chi connectivity index (χ3v) is 7.77. The number of nitrogens with zero attached hydrogens (tertiary/aromatic N) is 7. The first-order valence-corrected chi connectivity index (χ1v) is 13.7. The summed E-state index contributed by atoms with van der Waals surface area (Å²) in [6.45, 7) is -0.726. The molecule has 0 amide bonds. The highest BCUT2D eigenvalue weighted by Crippen LogP contribution is 2.50. The van der Waals surface area contributed by atoms with E-state index in [1.165, 1.54) is 28.9 Å². The number of imidazole rings is 2. The maximum Gasteiger partial charge on any atom is 0.472 e. The molecule has 0 spiro atoms. The van der Waals surface area contributed by atoms with Crippen molar-refractivity contribution >= 4 is 41.9 Å². The second-order valence-electron chi connectivity index (χ2n) is 9.36. The minimum atomic E-state index is -5.03. The fraction of sp³-hybridized carbons (Fsp3) is 0.500. The highest BCUT2D eigenvalue weighted by atomic mass is 31.2. The number of nitrogens with two attached hydrogens (primary N) is 2. The topological polar surface area (TPSA) is 303 Å². The van der Waals surface area contributed by atoms with Crippen molar-refractivity contribution in [3.63, 3.8) is 0 Å². The van der Waals surface area contributed by atoms with Crippen molar-refractivity contribution in [2.45, 2.75) is 49.3 Å². The van der Waals surface area contributed by atoms with Gasteiger partial charge < -0.3 is 45.9 Å². The van der Waals surface area contributed by atoms with E-state index in [1.807, 2.05) is 0 Å². The van der Waals surface area contributed by atoms with Crippen LogP contribution in [0.5, 0.6) is 0 Å². The zero-order valence-electron chi connectivity index (χ0n) is 21.4. The molecule has 6 rings (SSSR count). The summed E-state index contributed by atoms with van der Waals surface area (Å²) in [6, 6.07) is 0. The molecule has 0 aromatic carbocycles. The van der Waals surface area contributed by atoms with Gasteiger partial charge in [0.15, 0.2) is 41.4 Å². The van der Waals surface area contributed by atoms with Crippen LogP contribution in [-0.4, -0.2) is 110 Å². The molecule has 21 nitrogen and oxygen atoms in total. The van der Waals surface area contributed by atoms with Crippen molar-refractivity contribution in [2.75, 3.05) is 25.2 Å². The maximum absolute atomic E-state index is 13.0. The number of phosphoric ester groups is 1. The van der Waals surface area contributed by atoms with E-state index < -0.39 is 69.3 Å². The van der Waals surface area contributed by atoms with E-state index in [2.05, 4.69) is 29.9 Å². The molecule has 22 heteroatoms. The molecular weight excluding hydrogens is 587 g/mol. The van der Waals surface area contributed by atoms with E-state index in [4.69, 9.17) is 34.7 Å². The average molecular weight is 612 g/mol. The van der Waals surface area contributed by atoms with Crippen LogP contribution in [0.25, 0.3) is 22.3 Å². The first-order valence-electron chi connectivity index (χ1n) is 12.2. The van der Waals surface area contributed by atoms with Crippen molar-refractivity contribution in [1.29, 1.82) is 0 Å². The molecule has 5 unspecified atom stereocenters. The number of fused-ring (bicyclic) bond motifs is 2. The largest absolute Gasteiger partial charge is 0.472 e. The van der Waals surface area contributed by atoms with Crippen molar-refractivity contribution in [3.8, 4) is 0 Å². The molecule has 0 radical (unpaired) electrons. The van der Waals surface area contributed by atoms with E-state index >= 15 is 0 Å². The molecule has 2 saturated heterocycles. The quantitative estimate of drug-likeness (QED) is 0.0982. The predicted molar refractivity (Wildman–Crippen MR) is 136 cm³/mol. The summed E-state index contributed by atoms with van der Waals surface area (Å²) in [5.74, 6) is -0.146. The van der Waals surface area contributed by atoms with Crippen molar-refractivity contribution in [3.05, 3.63) is 29.3 Å². The van der Waals surface area contributed by atoms with Gasteiger partial charge in [0.2, 0.25) is 5.95 Å². The fourth-order valence-corrected chi connectivity index (χ4v) is 5.72. The van der Waals surface area contributed by atoms with Gasteiger partial charge in [-0.05, 0) is 0 Å². The van der Waals surface area contributed by atoms with E-state index in [1.54, 1.807) is 0 Å². The second-order valence-corrected chi connectivity index (χ2v) is 10.8. The number of aromatic amines is 1. The summed E-state index contributed by atoms with van der Waals surface area (Å²) in [4.78, 5) is 45.0. The Hall–Kier alpha value is -3.63. The summed E-state index contributed by atoms with van der Waals surface area (Å²) >= 11 is 0. The Morgan fingerprint density at radius 2 is 1.71 bits per heavy atom. The summed E-state index contributed by atoms with van der Waals surface area (Å²) in [7, 11) is -3.81. The van der Waals surface area contributed by atoms with Gasteiger partial charge in [0.1, 0.15) is 42.4 Å². The highest BCUT2D eigenvalue weighted by molar-refractivity contribution is 7.47. The van der Waals surface area contributed by atoms with Gasteiger partial charge in [-0.15, -0.1) is 0 Å². The Balaban J connectivity index is 1.19. The molecule has 9 atom stereocenters. The number of ether oxygens (including phenoxy) is 3. The fourth-order valence-electron chi connectivity index (χ4n) is 4.79. The van der Waals surface area contributed by atoms with Gasteiger partial charge in [0, 0.05) is 7.11 Å². The number of hydrogen-bond acceptors (Lipinski definition) is 17. The monoisotopic (exact) mass is 612 g/mol. The summed E-state index contributed by atoms with van der Waals surface area (Å²) in [5, 5.41) is 31.9. The molecule has 2 aliphatic rings. The highest BCUT2D eigenvalue weighted by Gasteiger charge is 2.51. The summed E-state index contributed by atoms with van der Waals surface area (Å²) in [6.07, 6.45) is -7.92. The number of rotatable bonds is 8. The third kappa shape index (κ3) is 4.80. The number of nitrogen functional groups attached to an aromatic ring is 2.